The molecule has 118 valence electrons. The largest absolute Gasteiger partial charge is 0.339 e. The second kappa shape index (κ2) is 6.05. The number of hydrogen-bond acceptors (Lipinski definition) is 4. The molecule has 0 atom stereocenters. The summed E-state index contributed by atoms with van der Waals surface area (Å²) in [4.78, 5) is 17.3. The van der Waals surface area contributed by atoms with Crippen molar-refractivity contribution >= 4 is 23.4 Å². The molecule has 0 aromatic carbocycles. The summed E-state index contributed by atoms with van der Waals surface area (Å²) in [7, 11) is 0. The number of nitrogens with one attached hydrogen (secondary N) is 1. The third-order valence-corrected chi connectivity index (χ3v) is 4.88. The predicted molar refractivity (Wildman–Crippen MR) is 86.1 cm³/mol. The molecule has 5 nitrogen and oxygen atoms in total. The highest BCUT2D eigenvalue weighted by Gasteiger charge is 2.27. The minimum atomic E-state index is -0.790. The number of anilines is 1. The van der Waals surface area contributed by atoms with Crippen LogP contribution in [0.3, 0.4) is 0 Å². The molecule has 0 fully saturated rings. The van der Waals surface area contributed by atoms with E-state index in [1.54, 1.807) is 17.8 Å². The Morgan fingerprint density at radius 2 is 2.30 bits per heavy atom. The zero-order valence-corrected chi connectivity index (χ0v) is 13.6. The molecule has 7 heteroatoms. The Morgan fingerprint density at radius 3 is 3.00 bits per heavy atom. The van der Waals surface area contributed by atoms with E-state index in [1.165, 1.54) is 11.8 Å². The van der Waals surface area contributed by atoms with Crippen molar-refractivity contribution in [3.63, 3.8) is 0 Å². The van der Waals surface area contributed by atoms with Crippen LogP contribution in [0.25, 0.3) is 0 Å². The SMILES string of the molecule is CSc1c(C)c(C(=O)Nc2cc(F)nc(C#N)c2)n2c1CCC2. The van der Waals surface area contributed by atoms with Crippen LogP contribution in [0.15, 0.2) is 17.0 Å². The van der Waals surface area contributed by atoms with Crippen LogP contribution >= 0.6 is 11.8 Å². The van der Waals surface area contributed by atoms with Gasteiger partial charge in [0, 0.05) is 28.9 Å². The molecule has 0 saturated carbocycles. The number of carbonyl (C=O) groups excluding carboxylic acids is 1. The number of amides is 1. The minimum absolute atomic E-state index is 0.0674. The van der Waals surface area contributed by atoms with Gasteiger partial charge >= 0.3 is 0 Å². The Bertz CT molecular complexity index is 838. The first-order chi connectivity index (χ1) is 11.0. The number of carbonyl (C=O) groups is 1. The molecule has 1 N–H and O–H groups in total. The van der Waals surface area contributed by atoms with Gasteiger partial charge < -0.3 is 9.88 Å². The molecule has 0 saturated heterocycles. The molecular weight excluding hydrogens is 315 g/mol. The summed E-state index contributed by atoms with van der Waals surface area (Å²) < 4.78 is 15.4. The van der Waals surface area contributed by atoms with E-state index >= 15 is 0 Å². The van der Waals surface area contributed by atoms with E-state index in [0.29, 0.717) is 5.69 Å². The Morgan fingerprint density at radius 1 is 1.52 bits per heavy atom. The van der Waals surface area contributed by atoms with Crippen LogP contribution in [0.4, 0.5) is 10.1 Å². The zero-order valence-electron chi connectivity index (χ0n) is 12.8. The summed E-state index contributed by atoms with van der Waals surface area (Å²) >= 11 is 1.64. The molecular formula is C16H15FN4OS. The van der Waals surface area contributed by atoms with Gasteiger partial charge in [-0.2, -0.15) is 9.65 Å². The molecule has 23 heavy (non-hydrogen) atoms. The van der Waals surface area contributed by atoms with E-state index < -0.39 is 5.95 Å². The number of nitriles is 1. The lowest BCUT2D eigenvalue weighted by Gasteiger charge is -2.09. The first-order valence-electron chi connectivity index (χ1n) is 7.20. The van der Waals surface area contributed by atoms with Gasteiger partial charge in [-0.05, 0) is 37.7 Å². The van der Waals surface area contributed by atoms with E-state index in [1.807, 2.05) is 17.7 Å². The quantitative estimate of drug-likeness (QED) is 0.693. The van der Waals surface area contributed by atoms with Gasteiger partial charge in [0.25, 0.3) is 5.91 Å². The lowest BCUT2D eigenvalue weighted by Crippen LogP contribution is -2.18. The van der Waals surface area contributed by atoms with E-state index in [-0.39, 0.29) is 17.3 Å². The Hall–Kier alpha value is -2.33. The second-order valence-corrected chi connectivity index (χ2v) is 6.15. The summed E-state index contributed by atoms with van der Waals surface area (Å²) in [6.07, 6.45) is 3.99. The summed E-state index contributed by atoms with van der Waals surface area (Å²) in [6, 6.07) is 4.25. The number of halogens is 1. The molecule has 2 aromatic rings. The van der Waals surface area contributed by atoms with Gasteiger partial charge in [-0.15, -0.1) is 11.8 Å². The molecule has 0 unspecified atom stereocenters. The first-order valence-corrected chi connectivity index (χ1v) is 8.42. The zero-order chi connectivity index (χ0) is 16.6. The van der Waals surface area contributed by atoms with Crippen molar-refractivity contribution in [1.82, 2.24) is 9.55 Å². The van der Waals surface area contributed by atoms with Crippen molar-refractivity contribution in [2.75, 3.05) is 11.6 Å². The lowest BCUT2D eigenvalue weighted by atomic mass is 10.2. The van der Waals surface area contributed by atoms with Gasteiger partial charge in [-0.3, -0.25) is 4.79 Å². The van der Waals surface area contributed by atoms with Crippen LogP contribution in [0.1, 0.15) is 33.9 Å². The van der Waals surface area contributed by atoms with Crippen LogP contribution in [-0.2, 0) is 13.0 Å². The highest BCUT2D eigenvalue weighted by Crippen LogP contribution is 2.35. The average Bonchev–Trinajstić information content (AvgIpc) is 3.05. The Balaban J connectivity index is 1.96. The van der Waals surface area contributed by atoms with Gasteiger partial charge in [0.05, 0.1) is 0 Å². The topological polar surface area (TPSA) is 70.7 Å². The Kier molecular flexibility index (Phi) is 4.09. The molecule has 1 aliphatic rings. The number of fused-ring (bicyclic) bond motifs is 1. The fourth-order valence-corrected chi connectivity index (χ4v) is 3.91. The van der Waals surface area contributed by atoms with E-state index in [4.69, 9.17) is 5.26 Å². The van der Waals surface area contributed by atoms with Crippen molar-refractivity contribution in [2.24, 2.45) is 0 Å². The van der Waals surface area contributed by atoms with Gasteiger partial charge in [-0.1, -0.05) is 0 Å². The van der Waals surface area contributed by atoms with Gasteiger partial charge in [0.2, 0.25) is 5.95 Å². The standard InChI is InChI=1S/C16H15FN4OS/c1-9-14(21-5-3-4-12(21)15(9)23-2)16(22)20-10-6-11(8-18)19-13(17)7-10/h6-7H,3-5H2,1-2H3,(H,19,20,22). The first kappa shape index (κ1) is 15.6. The number of pyridine rings is 1. The van der Waals surface area contributed by atoms with Gasteiger partial charge in [0.1, 0.15) is 17.5 Å². The molecule has 1 amide bonds. The normalized spacial score (nSPS) is 12.8. The van der Waals surface area contributed by atoms with Crippen molar-refractivity contribution in [3.8, 4) is 6.07 Å². The molecule has 2 aromatic heterocycles. The maximum Gasteiger partial charge on any atom is 0.272 e. The Labute approximate surface area is 137 Å². The number of rotatable bonds is 3. The maximum atomic E-state index is 13.4. The highest BCUT2D eigenvalue weighted by atomic mass is 32.2. The number of thioether (sulfide) groups is 1. The maximum absolute atomic E-state index is 13.4. The van der Waals surface area contributed by atoms with Crippen LogP contribution in [0.5, 0.6) is 0 Å². The van der Waals surface area contributed by atoms with Crippen LogP contribution in [0.2, 0.25) is 0 Å². The summed E-state index contributed by atoms with van der Waals surface area (Å²) in [5, 5.41) is 11.5. The monoisotopic (exact) mass is 330 g/mol. The average molecular weight is 330 g/mol. The summed E-state index contributed by atoms with van der Waals surface area (Å²) in [6.45, 7) is 2.74. The fraction of sp³-hybridized carbons (Fsp3) is 0.312. The van der Waals surface area contributed by atoms with E-state index in [2.05, 4.69) is 10.3 Å². The van der Waals surface area contributed by atoms with Crippen molar-refractivity contribution < 1.29 is 9.18 Å². The van der Waals surface area contributed by atoms with Crippen molar-refractivity contribution in [1.29, 1.82) is 5.26 Å². The molecule has 3 heterocycles. The molecule has 1 aliphatic heterocycles. The third-order valence-electron chi connectivity index (χ3n) is 3.93. The van der Waals surface area contributed by atoms with Crippen molar-refractivity contribution in [3.05, 3.63) is 40.7 Å². The summed E-state index contributed by atoms with van der Waals surface area (Å²) in [5.41, 5.74) is 2.91. The van der Waals surface area contributed by atoms with E-state index in [9.17, 15) is 9.18 Å². The van der Waals surface area contributed by atoms with Gasteiger partial charge in [0.15, 0.2) is 0 Å². The fourth-order valence-electron chi connectivity index (χ4n) is 3.06. The van der Waals surface area contributed by atoms with Crippen LogP contribution in [-0.4, -0.2) is 21.7 Å². The smallest absolute Gasteiger partial charge is 0.272 e. The van der Waals surface area contributed by atoms with Crippen molar-refractivity contribution in [2.45, 2.75) is 31.2 Å². The number of nitrogens with zero attached hydrogens (tertiary/aromatic N) is 3. The molecule has 0 radical (unpaired) electrons. The van der Waals surface area contributed by atoms with Crippen LogP contribution in [0, 0.1) is 24.2 Å². The molecule has 3 rings (SSSR count). The lowest BCUT2D eigenvalue weighted by molar-refractivity contribution is 0.101. The van der Waals surface area contributed by atoms with E-state index in [0.717, 1.165) is 35.9 Å². The molecule has 0 spiro atoms. The second-order valence-electron chi connectivity index (χ2n) is 5.34. The summed E-state index contributed by atoms with van der Waals surface area (Å²) in [5.74, 6) is -1.08. The minimum Gasteiger partial charge on any atom is -0.339 e. The predicted octanol–water partition coefficient (Wildman–Crippen LogP) is 3.12. The molecule has 0 aliphatic carbocycles. The van der Waals surface area contributed by atoms with Crippen LogP contribution < -0.4 is 5.32 Å². The van der Waals surface area contributed by atoms with Gasteiger partial charge in [-0.25, -0.2) is 4.98 Å². The third kappa shape index (κ3) is 2.70. The highest BCUT2D eigenvalue weighted by molar-refractivity contribution is 7.98. The molecule has 0 bridgehead atoms. The number of aromatic nitrogens is 2. The number of hydrogen-bond donors (Lipinski definition) is 1.